The first-order valence-electron chi connectivity index (χ1n) is 2.48. The minimum atomic E-state index is -0.350. The first-order chi connectivity index (χ1) is 4.20. The maximum atomic E-state index is 12.2. The van der Waals surface area contributed by atoms with Crippen LogP contribution in [0.5, 0.6) is 0 Å². The molecule has 0 aliphatic rings. The van der Waals surface area contributed by atoms with E-state index in [4.69, 9.17) is 11.6 Å². The predicted octanol–water partition coefficient (Wildman–Crippen LogP) is 0.132. The van der Waals surface area contributed by atoms with Crippen molar-refractivity contribution in [1.82, 2.24) is 4.98 Å². The molecule has 46 valence electrons. The van der Waals surface area contributed by atoms with Gasteiger partial charge in [0.05, 0.1) is 6.20 Å². The van der Waals surface area contributed by atoms with Crippen LogP contribution in [0.2, 0.25) is 5.15 Å². The van der Waals surface area contributed by atoms with Crippen LogP contribution >= 0.6 is 11.6 Å². The van der Waals surface area contributed by atoms with Gasteiger partial charge in [0.1, 0.15) is 18.8 Å². The summed E-state index contributed by atoms with van der Waals surface area (Å²) >= 11 is 5.50. The Morgan fingerprint density at radius 2 is 2.33 bits per heavy atom. The summed E-state index contributed by atoms with van der Waals surface area (Å²) in [5, 5.41) is 0.358. The van der Waals surface area contributed by atoms with E-state index in [0.717, 1.165) is 6.20 Å². The van der Waals surface area contributed by atoms with Crippen LogP contribution in [0, 0.1) is 5.82 Å². The van der Waals surface area contributed by atoms with Gasteiger partial charge in [-0.25, -0.2) is 9.37 Å². The van der Waals surface area contributed by atoms with Gasteiger partial charge < -0.3 is 0 Å². The molecular weight excluding hydrogens is 139 g/mol. The summed E-state index contributed by atoms with van der Waals surface area (Å²) in [6.45, 7) is 0. The molecule has 0 aliphatic carbocycles. The van der Waals surface area contributed by atoms with Crippen molar-refractivity contribution in [2.24, 2.45) is 0 Å². The summed E-state index contributed by atoms with van der Waals surface area (Å²) in [4.78, 5) is 3.57. The van der Waals surface area contributed by atoms with E-state index in [0.29, 0.717) is 10.6 Å². The zero-order valence-electron chi connectivity index (χ0n) is 4.86. The highest BCUT2D eigenvalue weighted by molar-refractivity contribution is 6.44. The molecule has 1 aromatic heterocycles. The molecule has 0 aliphatic heterocycles. The van der Waals surface area contributed by atoms with Crippen LogP contribution in [-0.4, -0.2) is 12.8 Å². The Morgan fingerprint density at radius 1 is 1.67 bits per heavy atom. The van der Waals surface area contributed by atoms with Crippen molar-refractivity contribution in [2.45, 2.75) is 0 Å². The first kappa shape index (κ1) is 6.55. The number of nitrogens with zero attached hydrogens (tertiary/aromatic N) is 1. The fourth-order valence-corrected chi connectivity index (χ4v) is 0.627. The predicted molar refractivity (Wildman–Crippen MR) is 37.4 cm³/mol. The molecule has 0 fully saturated rings. The van der Waals surface area contributed by atoms with Crippen LogP contribution in [0.4, 0.5) is 4.39 Å². The lowest BCUT2D eigenvalue weighted by atomic mass is 9.99. The van der Waals surface area contributed by atoms with E-state index in [1.807, 2.05) is 0 Å². The highest BCUT2D eigenvalue weighted by atomic mass is 35.5. The Labute approximate surface area is 58.3 Å². The van der Waals surface area contributed by atoms with E-state index in [1.54, 1.807) is 7.85 Å². The maximum Gasteiger partial charge on any atom is 0.143 e. The lowest BCUT2D eigenvalue weighted by Crippen LogP contribution is -2.06. The third kappa shape index (κ3) is 1.42. The van der Waals surface area contributed by atoms with Gasteiger partial charge in [-0.15, -0.1) is 0 Å². The van der Waals surface area contributed by atoms with Crippen molar-refractivity contribution in [3.05, 3.63) is 23.2 Å². The average Bonchev–Trinajstić information content (AvgIpc) is 1.80. The van der Waals surface area contributed by atoms with Gasteiger partial charge in [-0.05, 0) is 11.5 Å². The Morgan fingerprint density at radius 3 is 2.78 bits per heavy atom. The smallest absolute Gasteiger partial charge is 0.143 e. The molecule has 1 aromatic rings. The summed E-state index contributed by atoms with van der Waals surface area (Å²) in [5.41, 5.74) is 0.664. The zero-order chi connectivity index (χ0) is 6.85. The third-order valence-electron chi connectivity index (χ3n) is 0.981. The first-order valence-corrected chi connectivity index (χ1v) is 2.85. The van der Waals surface area contributed by atoms with E-state index in [1.165, 1.54) is 6.07 Å². The van der Waals surface area contributed by atoms with Crippen molar-refractivity contribution in [1.29, 1.82) is 0 Å². The molecule has 0 unspecified atom stereocenters. The molecule has 0 atom stereocenters. The van der Waals surface area contributed by atoms with Crippen LogP contribution in [0.3, 0.4) is 0 Å². The molecular formula is C5H4BClFN. The van der Waals surface area contributed by atoms with Crippen molar-refractivity contribution < 1.29 is 4.39 Å². The van der Waals surface area contributed by atoms with Gasteiger partial charge in [-0.2, -0.15) is 0 Å². The van der Waals surface area contributed by atoms with Gasteiger partial charge >= 0.3 is 0 Å². The molecule has 1 nitrogen and oxygen atoms in total. The number of pyridine rings is 1. The fraction of sp³-hybridized carbons (Fsp3) is 0. The van der Waals surface area contributed by atoms with Gasteiger partial charge in [-0.1, -0.05) is 11.6 Å². The van der Waals surface area contributed by atoms with Crippen molar-refractivity contribution in [2.75, 3.05) is 0 Å². The number of aromatic nitrogens is 1. The largest absolute Gasteiger partial charge is 0.242 e. The molecule has 0 aromatic carbocycles. The third-order valence-corrected chi connectivity index (χ3v) is 1.38. The van der Waals surface area contributed by atoms with Crippen molar-refractivity contribution >= 4 is 24.9 Å². The van der Waals surface area contributed by atoms with E-state index in [2.05, 4.69) is 4.98 Å². The second-order valence-electron chi connectivity index (χ2n) is 1.76. The Bertz CT molecular complexity index is 228. The van der Waals surface area contributed by atoms with Crippen molar-refractivity contribution in [3.63, 3.8) is 0 Å². The van der Waals surface area contributed by atoms with Crippen LogP contribution < -0.4 is 5.46 Å². The Balaban J connectivity index is 3.17. The van der Waals surface area contributed by atoms with Crippen LogP contribution in [0.1, 0.15) is 0 Å². The van der Waals surface area contributed by atoms with Crippen LogP contribution in [-0.2, 0) is 0 Å². The molecule has 0 saturated heterocycles. The van der Waals surface area contributed by atoms with Gasteiger partial charge in [0.2, 0.25) is 0 Å². The number of hydrogen-bond acceptors (Lipinski definition) is 1. The lowest BCUT2D eigenvalue weighted by molar-refractivity contribution is 0.623. The number of halogens is 2. The quantitative estimate of drug-likeness (QED) is 0.372. The van der Waals surface area contributed by atoms with E-state index in [-0.39, 0.29) is 5.82 Å². The normalized spacial score (nSPS) is 9.56. The minimum Gasteiger partial charge on any atom is -0.242 e. The SMILES string of the molecule is Bc1cc(F)cnc1Cl. The summed E-state index contributed by atoms with van der Waals surface area (Å²) in [5.74, 6) is -0.350. The topological polar surface area (TPSA) is 12.9 Å². The summed E-state index contributed by atoms with van der Waals surface area (Å²) in [6, 6.07) is 1.34. The van der Waals surface area contributed by atoms with Crippen molar-refractivity contribution in [3.8, 4) is 0 Å². The summed E-state index contributed by atoms with van der Waals surface area (Å²) in [7, 11) is 1.71. The number of hydrogen-bond donors (Lipinski definition) is 0. The Hall–Kier alpha value is -0.565. The summed E-state index contributed by atoms with van der Waals surface area (Å²) < 4.78 is 12.2. The standard InChI is InChI=1S/C5H4BClFN/c6-4-1-3(8)2-9-5(4)7/h1-2H,6H2. The molecule has 1 heterocycles. The van der Waals surface area contributed by atoms with Crippen LogP contribution in [0.15, 0.2) is 12.3 Å². The molecule has 9 heavy (non-hydrogen) atoms. The molecule has 0 amide bonds. The maximum absolute atomic E-state index is 12.2. The van der Waals surface area contributed by atoms with E-state index >= 15 is 0 Å². The second-order valence-corrected chi connectivity index (χ2v) is 2.12. The number of rotatable bonds is 0. The van der Waals surface area contributed by atoms with Gasteiger partial charge in [0.15, 0.2) is 0 Å². The van der Waals surface area contributed by atoms with Gasteiger partial charge in [-0.3, -0.25) is 0 Å². The highest BCUT2D eigenvalue weighted by Crippen LogP contribution is 1.98. The van der Waals surface area contributed by atoms with Crippen LogP contribution in [0.25, 0.3) is 0 Å². The second kappa shape index (κ2) is 2.35. The molecule has 4 heteroatoms. The van der Waals surface area contributed by atoms with Gasteiger partial charge in [0, 0.05) is 0 Å². The Kier molecular flexibility index (Phi) is 1.71. The summed E-state index contributed by atoms with van der Waals surface area (Å²) in [6.07, 6.45) is 1.09. The molecule has 0 bridgehead atoms. The molecule has 0 spiro atoms. The van der Waals surface area contributed by atoms with E-state index < -0.39 is 0 Å². The zero-order valence-corrected chi connectivity index (χ0v) is 5.61. The molecule has 0 N–H and O–H groups in total. The van der Waals surface area contributed by atoms with E-state index in [9.17, 15) is 4.39 Å². The average molecular weight is 143 g/mol. The lowest BCUT2D eigenvalue weighted by Gasteiger charge is -1.93. The molecule has 0 radical (unpaired) electrons. The highest BCUT2D eigenvalue weighted by Gasteiger charge is 1.95. The minimum absolute atomic E-state index is 0.350. The fourth-order valence-electron chi connectivity index (χ4n) is 0.524. The monoisotopic (exact) mass is 143 g/mol. The molecule has 0 saturated carbocycles. The van der Waals surface area contributed by atoms with Gasteiger partial charge in [0.25, 0.3) is 0 Å². The molecule has 1 rings (SSSR count).